The summed E-state index contributed by atoms with van der Waals surface area (Å²) in [7, 11) is -1.43. The molecule has 0 saturated carbocycles. The van der Waals surface area contributed by atoms with E-state index in [1.165, 1.54) is 0 Å². The van der Waals surface area contributed by atoms with Gasteiger partial charge in [0.25, 0.3) is 0 Å². The van der Waals surface area contributed by atoms with Crippen LogP contribution < -0.4 is 4.72 Å². The molecule has 0 aliphatic carbocycles. The third-order valence-electron chi connectivity index (χ3n) is 3.74. The van der Waals surface area contributed by atoms with Crippen LogP contribution in [0.15, 0.2) is 4.90 Å². The Morgan fingerprint density at radius 1 is 1.42 bits per heavy atom. The van der Waals surface area contributed by atoms with Crippen LogP contribution in [0.25, 0.3) is 0 Å². The fourth-order valence-corrected chi connectivity index (χ4v) is 4.47. The maximum Gasteiger partial charge on any atom is 0.244 e. The summed E-state index contributed by atoms with van der Waals surface area (Å²) in [5, 5.41) is 6.68. The number of hydrogen-bond acceptors (Lipinski definition) is 4. The molecule has 108 valence electrons. The summed E-state index contributed by atoms with van der Waals surface area (Å²) in [6, 6.07) is -0.00472. The molecule has 2 N–H and O–H groups in total. The number of nitrogens with zero attached hydrogens (tertiary/aromatic N) is 2. The second kappa shape index (κ2) is 5.22. The van der Waals surface area contributed by atoms with Crippen LogP contribution in [0.4, 0.5) is 0 Å². The number of piperidine rings is 1. The molecule has 1 fully saturated rings. The Labute approximate surface area is 114 Å². The lowest BCUT2D eigenvalue weighted by Gasteiger charge is -2.34. The number of sulfonamides is 1. The normalized spacial score (nSPS) is 25.7. The highest BCUT2D eigenvalue weighted by atomic mass is 32.2. The Balaban J connectivity index is 2.18. The fraction of sp³-hybridized carbons (Fsp3) is 0.750. The minimum absolute atomic E-state index is 0.00472. The van der Waals surface area contributed by atoms with Crippen molar-refractivity contribution in [3.8, 4) is 0 Å². The Morgan fingerprint density at radius 3 is 2.63 bits per heavy atom. The number of H-pyrrole nitrogens is 1. The van der Waals surface area contributed by atoms with Gasteiger partial charge in [0.1, 0.15) is 4.90 Å². The highest BCUT2D eigenvalue weighted by Gasteiger charge is 2.30. The molecule has 0 aromatic carbocycles. The zero-order valence-electron chi connectivity index (χ0n) is 11.9. The van der Waals surface area contributed by atoms with Crippen molar-refractivity contribution < 1.29 is 8.42 Å². The number of rotatable bonds is 3. The van der Waals surface area contributed by atoms with Gasteiger partial charge in [-0.05, 0) is 39.8 Å². The van der Waals surface area contributed by atoms with Gasteiger partial charge in [-0.3, -0.25) is 5.10 Å². The lowest BCUT2D eigenvalue weighted by molar-refractivity contribution is 0.188. The Morgan fingerprint density at radius 2 is 2.11 bits per heavy atom. The molecule has 1 aliphatic heterocycles. The molecule has 1 aliphatic rings. The predicted octanol–water partition coefficient (Wildman–Crippen LogP) is 0.645. The van der Waals surface area contributed by atoms with E-state index < -0.39 is 10.0 Å². The first-order chi connectivity index (χ1) is 8.81. The summed E-state index contributed by atoms with van der Waals surface area (Å²) in [4.78, 5) is 2.52. The molecule has 0 amide bonds. The van der Waals surface area contributed by atoms with E-state index in [9.17, 15) is 8.42 Å². The van der Waals surface area contributed by atoms with Crippen molar-refractivity contribution in [2.24, 2.45) is 5.92 Å². The van der Waals surface area contributed by atoms with Crippen LogP contribution in [0, 0.1) is 19.8 Å². The number of likely N-dealkylation sites (tertiary alicyclic amines) is 1. The highest BCUT2D eigenvalue weighted by molar-refractivity contribution is 7.89. The third-order valence-corrected chi connectivity index (χ3v) is 5.50. The molecule has 1 aromatic rings. The van der Waals surface area contributed by atoms with Crippen LogP contribution in [0.5, 0.6) is 0 Å². The SMILES string of the molecule is Cc1n[nH]c(C)c1S(=O)(=O)NC1CCN(C)CC1C. The predicted molar refractivity (Wildman–Crippen MR) is 73.4 cm³/mol. The minimum atomic E-state index is -3.49. The van der Waals surface area contributed by atoms with E-state index in [0.717, 1.165) is 19.5 Å². The summed E-state index contributed by atoms with van der Waals surface area (Å²) >= 11 is 0. The van der Waals surface area contributed by atoms with Crippen molar-refractivity contribution in [3.63, 3.8) is 0 Å². The van der Waals surface area contributed by atoms with Gasteiger partial charge in [-0.25, -0.2) is 13.1 Å². The number of aromatic nitrogens is 2. The average molecular weight is 286 g/mol. The lowest BCUT2D eigenvalue weighted by Crippen LogP contribution is -2.48. The van der Waals surface area contributed by atoms with E-state index in [-0.39, 0.29) is 6.04 Å². The van der Waals surface area contributed by atoms with E-state index in [4.69, 9.17) is 0 Å². The van der Waals surface area contributed by atoms with Crippen molar-refractivity contribution in [2.45, 2.75) is 38.1 Å². The van der Waals surface area contributed by atoms with E-state index >= 15 is 0 Å². The molecule has 2 atom stereocenters. The van der Waals surface area contributed by atoms with Gasteiger partial charge in [0, 0.05) is 12.6 Å². The first-order valence-electron chi connectivity index (χ1n) is 6.53. The third kappa shape index (κ3) is 2.98. The van der Waals surface area contributed by atoms with Crippen molar-refractivity contribution in [2.75, 3.05) is 20.1 Å². The maximum atomic E-state index is 12.4. The zero-order chi connectivity index (χ0) is 14.2. The molecule has 1 aromatic heterocycles. The molecule has 2 heterocycles. The molecule has 0 radical (unpaired) electrons. The topological polar surface area (TPSA) is 78.1 Å². The summed E-state index contributed by atoms with van der Waals surface area (Å²) in [6.45, 7) is 7.35. The molecular formula is C12H22N4O2S. The summed E-state index contributed by atoms with van der Waals surface area (Å²) in [6.07, 6.45) is 0.840. The van der Waals surface area contributed by atoms with Crippen LogP contribution in [0.1, 0.15) is 24.7 Å². The second-order valence-electron chi connectivity index (χ2n) is 5.52. The Kier molecular flexibility index (Phi) is 3.98. The molecule has 7 heteroatoms. The van der Waals surface area contributed by atoms with Gasteiger partial charge in [-0.2, -0.15) is 5.10 Å². The van der Waals surface area contributed by atoms with E-state index in [1.54, 1.807) is 13.8 Å². The summed E-state index contributed by atoms with van der Waals surface area (Å²) in [5.41, 5.74) is 1.11. The largest absolute Gasteiger partial charge is 0.306 e. The van der Waals surface area contributed by atoms with Gasteiger partial charge >= 0.3 is 0 Å². The van der Waals surface area contributed by atoms with Crippen LogP contribution in [-0.4, -0.2) is 49.7 Å². The van der Waals surface area contributed by atoms with Gasteiger partial charge in [0.05, 0.1) is 11.4 Å². The van der Waals surface area contributed by atoms with E-state index in [0.29, 0.717) is 22.2 Å². The molecule has 0 bridgehead atoms. The van der Waals surface area contributed by atoms with Crippen LogP contribution in [0.3, 0.4) is 0 Å². The molecule has 2 rings (SSSR count). The van der Waals surface area contributed by atoms with Crippen molar-refractivity contribution >= 4 is 10.0 Å². The zero-order valence-corrected chi connectivity index (χ0v) is 12.7. The highest BCUT2D eigenvalue weighted by Crippen LogP contribution is 2.21. The molecule has 0 spiro atoms. The smallest absolute Gasteiger partial charge is 0.244 e. The van der Waals surface area contributed by atoms with E-state index in [1.807, 2.05) is 0 Å². The second-order valence-corrected chi connectivity index (χ2v) is 7.17. The van der Waals surface area contributed by atoms with Crippen molar-refractivity contribution in [1.29, 1.82) is 0 Å². The van der Waals surface area contributed by atoms with Crippen molar-refractivity contribution in [3.05, 3.63) is 11.4 Å². The number of aromatic amines is 1. The molecule has 6 nitrogen and oxygen atoms in total. The number of hydrogen-bond donors (Lipinski definition) is 2. The van der Waals surface area contributed by atoms with Crippen LogP contribution in [-0.2, 0) is 10.0 Å². The summed E-state index contributed by atoms with van der Waals surface area (Å²) < 4.78 is 27.7. The first kappa shape index (κ1) is 14.5. The quantitative estimate of drug-likeness (QED) is 0.855. The van der Waals surface area contributed by atoms with Gasteiger partial charge in [0.2, 0.25) is 10.0 Å². The molecule has 19 heavy (non-hydrogen) atoms. The number of nitrogens with one attached hydrogen (secondary N) is 2. The monoisotopic (exact) mass is 286 g/mol. The molecule has 1 saturated heterocycles. The Hall–Kier alpha value is -0.920. The average Bonchev–Trinajstić information content (AvgIpc) is 2.63. The van der Waals surface area contributed by atoms with Crippen LogP contribution in [0.2, 0.25) is 0 Å². The van der Waals surface area contributed by atoms with Gasteiger partial charge in [0.15, 0.2) is 0 Å². The number of aryl methyl sites for hydroxylation is 2. The van der Waals surface area contributed by atoms with Gasteiger partial charge in [-0.15, -0.1) is 0 Å². The van der Waals surface area contributed by atoms with Gasteiger partial charge < -0.3 is 4.90 Å². The van der Waals surface area contributed by atoms with Crippen LogP contribution >= 0.6 is 0 Å². The molecule has 2 unspecified atom stereocenters. The molecular weight excluding hydrogens is 264 g/mol. The van der Waals surface area contributed by atoms with E-state index in [2.05, 4.69) is 33.8 Å². The summed E-state index contributed by atoms with van der Waals surface area (Å²) in [5.74, 6) is 0.307. The lowest BCUT2D eigenvalue weighted by atomic mass is 9.95. The fourth-order valence-electron chi connectivity index (χ4n) is 2.72. The maximum absolute atomic E-state index is 12.4. The standard InChI is InChI=1S/C12H22N4O2S/c1-8-7-16(4)6-5-11(8)15-19(17,18)12-9(2)13-14-10(12)3/h8,11,15H,5-7H2,1-4H3,(H,13,14). The van der Waals surface area contributed by atoms with Gasteiger partial charge in [-0.1, -0.05) is 6.92 Å². The van der Waals surface area contributed by atoms with Crippen molar-refractivity contribution in [1.82, 2.24) is 19.8 Å². The minimum Gasteiger partial charge on any atom is -0.306 e. The first-order valence-corrected chi connectivity index (χ1v) is 8.02. The Bertz CT molecular complexity index is 533.